The summed E-state index contributed by atoms with van der Waals surface area (Å²) in [5.74, 6) is 1.06. The van der Waals surface area contributed by atoms with E-state index in [0.29, 0.717) is 12.4 Å². The number of para-hydroxylation sites is 1. The molecule has 1 aromatic carbocycles. The van der Waals surface area contributed by atoms with Gasteiger partial charge in [0.25, 0.3) is 0 Å². The number of primary amides is 1. The summed E-state index contributed by atoms with van der Waals surface area (Å²) < 4.78 is 4.40. The van der Waals surface area contributed by atoms with Crippen LogP contribution in [0.2, 0.25) is 4.34 Å². The molecule has 0 bridgehead atoms. The van der Waals surface area contributed by atoms with Crippen LogP contribution in [-0.2, 0) is 11.3 Å². The number of nitrogens with zero attached hydrogens (tertiary/aromatic N) is 4. The maximum Gasteiger partial charge on any atom is 0.240 e. The molecular weight excluding hydrogens is 464 g/mol. The largest absolute Gasteiger partial charge is 0.368 e. The molecule has 3 heterocycles. The highest BCUT2D eigenvalue weighted by atomic mass is 35.5. The lowest BCUT2D eigenvalue weighted by molar-refractivity contribution is -0.119. The molecule has 1 unspecified atom stereocenters. The second kappa shape index (κ2) is 10.4. The molecule has 1 aliphatic rings. The highest BCUT2D eigenvalue weighted by Gasteiger charge is 2.23. The number of hydrogen-bond acceptors (Lipinski definition) is 8. The van der Waals surface area contributed by atoms with Crippen molar-refractivity contribution in [2.24, 2.45) is 11.7 Å². The summed E-state index contributed by atoms with van der Waals surface area (Å²) in [4.78, 5) is 23.9. The Kier molecular flexibility index (Phi) is 7.52. The molecule has 0 aliphatic carbocycles. The van der Waals surface area contributed by atoms with E-state index in [-0.39, 0.29) is 11.8 Å². The highest BCUT2D eigenvalue weighted by molar-refractivity contribution is 7.99. The lowest BCUT2D eigenvalue weighted by Gasteiger charge is -2.33. The Morgan fingerprint density at radius 2 is 1.94 bits per heavy atom. The van der Waals surface area contributed by atoms with Crippen LogP contribution < -0.4 is 11.1 Å². The number of fused-ring (bicyclic) bond motifs is 1. The molecule has 3 aromatic rings. The second-order valence-corrected chi connectivity index (χ2v) is 11.2. The first-order chi connectivity index (χ1) is 15.4. The number of thiophene rings is 1. The monoisotopic (exact) mass is 490 g/mol. The molecule has 4 rings (SSSR count). The fraction of sp³-hybridized carbons (Fsp3) is 0.409. The number of nitrogens with two attached hydrogens (primary N) is 1. The Balaban J connectivity index is 1.46. The van der Waals surface area contributed by atoms with Gasteiger partial charge in [0.1, 0.15) is 17.7 Å². The number of halogens is 1. The zero-order chi connectivity index (χ0) is 22.7. The summed E-state index contributed by atoms with van der Waals surface area (Å²) in [7, 11) is 0. The molecule has 1 atom stereocenters. The first kappa shape index (κ1) is 23.3. The van der Waals surface area contributed by atoms with E-state index < -0.39 is 6.04 Å². The van der Waals surface area contributed by atoms with Crippen LogP contribution in [0, 0.1) is 5.92 Å². The second-order valence-electron chi connectivity index (χ2n) is 8.13. The quantitative estimate of drug-likeness (QED) is 0.460. The average Bonchev–Trinajstić information content (AvgIpc) is 3.17. The number of rotatable bonds is 8. The summed E-state index contributed by atoms with van der Waals surface area (Å²) in [5, 5.41) is 4.16. The third-order valence-corrected chi connectivity index (χ3v) is 7.82. The number of amides is 1. The van der Waals surface area contributed by atoms with E-state index in [9.17, 15) is 4.79 Å². The van der Waals surface area contributed by atoms with Gasteiger partial charge in [-0.3, -0.25) is 9.69 Å². The zero-order valence-electron chi connectivity index (χ0n) is 18.1. The molecule has 1 aliphatic heterocycles. The van der Waals surface area contributed by atoms with Crippen LogP contribution in [0.1, 0.15) is 19.7 Å². The van der Waals surface area contributed by atoms with Crippen molar-refractivity contribution in [3.8, 4) is 0 Å². The van der Waals surface area contributed by atoms with E-state index >= 15 is 0 Å². The molecule has 2 aromatic heterocycles. The lowest BCUT2D eigenvalue weighted by Crippen LogP contribution is -2.43. The average molecular weight is 491 g/mol. The van der Waals surface area contributed by atoms with Crippen LogP contribution in [0.15, 0.2) is 40.6 Å². The van der Waals surface area contributed by atoms with Gasteiger partial charge in [-0.1, -0.05) is 37.6 Å². The molecule has 170 valence electrons. The number of carbonyl (C=O) groups excluding carboxylic acids is 1. The van der Waals surface area contributed by atoms with Gasteiger partial charge in [-0.2, -0.15) is 0 Å². The van der Waals surface area contributed by atoms with E-state index in [0.717, 1.165) is 47.2 Å². The van der Waals surface area contributed by atoms with E-state index in [1.807, 2.05) is 44.2 Å². The smallest absolute Gasteiger partial charge is 0.240 e. The maximum absolute atomic E-state index is 11.9. The van der Waals surface area contributed by atoms with Crippen molar-refractivity contribution in [3.05, 3.63) is 46.6 Å². The molecule has 32 heavy (non-hydrogen) atoms. The Hall–Kier alpha value is -1.91. The zero-order valence-corrected chi connectivity index (χ0v) is 20.5. The summed E-state index contributed by atoms with van der Waals surface area (Å²) in [6.07, 6.45) is 0. The minimum Gasteiger partial charge on any atom is -0.368 e. The Morgan fingerprint density at radius 3 is 2.59 bits per heavy atom. The van der Waals surface area contributed by atoms with Crippen molar-refractivity contribution in [2.75, 3.05) is 31.5 Å². The molecule has 0 saturated carbocycles. The van der Waals surface area contributed by atoms with Crippen LogP contribution in [-0.4, -0.2) is 57.3 Å². The van der Waals surface area contributed by atoms with E-state index in [4.69, 9.17) is 27.3 Å². The number of anilines is 1. The van der Waals surface area contributed by atoms with Crippen LogP contribution in [0.3, 0.4) is 0 Å². The number of aromatic nitrogens is 2. The van der Waals surface area contributed by atoms with Gasteiger partial charge >= 0.3 is 0 Å². The fourth-order valence-corrected chi connectivity index (χ4v) is 6.05. The van der Waals surface area contributed by atoms with Crippen LogP contribution in [0.4, 0.5) is 5.82 Å². The fourth-order valence-electron chi connectivity index (χ4n) is 3.67. The molecule has 0 spiro atoms. The van der Waals surface area contributed by atoms with Crippen molar-refractivity contribution in [1.82, 2.24) is 19.2 Å². The first-order valence-corrected chi connectivity index (χ1v) is 12.6. The van der Waals surface area contributed by atoms with Crippen molar-refractivity contribution in [2.45, 2.75) is 30.6 Å². The molecule has 1 saturated heterocycles. The molecule has 10 heteroatoms. The predicted molar refractivity (Wildman–Crippen MR) is 133 cm³/mol. The molecule has 1 amide bonds. The SMILES string of the molecule is CC(C)C(Nc1nc(CN2CCN(Sc3ccc(Cl)s3)CC2)nc2ccccc12)C(N)=O. The molecule has 3 N–H and O–H groups in total. The topological polar surface area (TPSA) is 87.4 Å². The Bertz CT molecular complexity index is 1080. The van der Waals surface area contributed by atoms with Crippen molar-refractivity contribution < 1.29 is 4.79 Å². The van der Waals surface area contributed by atoms with Gasteiger partial charge in [0.15, 0.2) is 0 Å². The summed E-state index contributed by atoms with van der Waals surface area (Å²) in [6.45, 7) is 8.36. The van der Waals surface area contributed by atoms with Crippen LogP contribution in [0.25, 0.3) is 10.9 Å². The number of hydrogen-bond donors (Lipinski definition) is 2. The van der Waals surface area contributed by atoms with Crippen LogP contribution in [0.5, 0.6) is 0 Å². The standard InChI is InChI=1S/C22H27ClN6OS2/c1-14(2)20(21(24)30)27-22-15-5-3-4-6-16(15)25-18(26-22)13-28-9-11-29(12-10-28)32-19-8-7-17(23)31-19/h3-8,14,20H,9-13H2,1-2H3,(H2,24,30)(H,25,26,27). The minimum atomic E-state index is -0.493. The number of piperazine rings is 1. The van der Waals surface area contributed by atoms with Gasteiger partial charge in [0.2, 0.25) is 5.91 Å². The molecular formula is C22H27ClN6OS2. The summed E-state index contributed by atoms with van der Waals surface area (Å²) >= 11 is 9.42. The van der Waals surface area contributed by atoms with Crippen molar-refractivity contribution in [1.29, 1.82) is 0 Å². The van der Waals surface area contributed by atoms with Gasteiger partial charge in [-0.05, 0) is 42.1 Å². The normalized spacial score (nSPS) is 16.5. The predicted octanol–water partition coefficient (Wildman–Crippen LogP) is 4.09. The lowest BCUT2D eigenvalue weighted by atomic mass is 10.0. The van der Waals surface area contributed by atoms with Crippen molar-refractivity contribution >= 4 is 57.5 Å². The minimum absolute atomic E-state index is 0.0495. The summed E-state index contributed by atoms with van der Waals surface area (Å²) in [5.41, 5.74) is 6.48. The van der Waals surface area contributed by atoms with Gasteiger partial charge < -0.3 is 11.1 Å². The van der Waals surface area contributed by atoms with Gasteiger partial charge in [-0.15, -0.1) is 11.3 Å². The Morgan fingerprint density at radius 1 is 1.19 bits per heavy atom. The van der Waals surface area contributed by atoms with E-state index in [1.165, 1.54) is 4.21 Å². The van der Waals surface area contributed by atoms with Gasteiger partial charge in [0.05, 0.1) is 20.6 Å². The number of nitrogens with one attached hydrogen (secondary N) is 1. The number of benzene rings is 1. The third-order valence-electron chi connectivity index (χ3n) is 5.38. The highest BCUT2D eigenvalue weighted by Crippen LogP contribution is 2.33. The molecule has 7 nitrogen and oxygen atoms in total. The third kappa shape index (κ3) is 5.71. The van der Waals surface area contributed by atoms with Crippen molar-refractivity contribution in [3.63, 3.8) is 0 Å². The number of carbonyl (C=O) groups is 1. The summed E-state index contributed by atoms with van der Waals surface area (Å²) in [6, 6.07) is 11.4. The maximum atomic E-state index is 11.9. The van der Waals surface area contributed by atoms with E-state index in [1.54, 1.807) is 23.3 Å². The first-order valence-electron chi connectivity index (χ1n) is 10.6. The van der Waals surface area contributed by atoms with E-state index in [2.05, 4.69) is 20.6 Å². The van der Waals surface area contributed by atoms with Gasteiger partial charge in [0, 0.05) is 31.6 Å². The molecule has 1 fully saturated rings. The van der Waals surface area contributed by atoms with Gasteiger partial charge in [-0.25, -0.2) is 14.3 Å². The Labute approximate surface area is 201 Å². The van der Waals surface area contributed by atoms with Crippen LogP contribution >= 0.6 is 34.9 Å². The molecule has 0 radical (unpaired) electrons.